The summed E-state index contributed by atoms with van der Waals surface area (Å²) in [7, 11) is 0. The second-order valence-corrected chi connectivity index (χ2v) is 4.90. The van der Waals surface area contributed by atoms with Crippen molar-refractivity contribution in [2.75, 3.05) is 11.4 Å². The number of nitrogens with zero attached hydrogens (tertiary/aromatic N) is 2. The second kappa shape index (κ2) is 5.94. The summed E-state index contributed by atoms with van der Waals surface area (Å²) in [4.78, 5) is 6.81. The van der Waals surface area contributed by atoms with Crippen LogP contribution < -0.4 is 4.90 Å². The number of para-hydroxylation sites is 1. The van der Waals surface area contributed by atoms with Crippen molar-refractivity contribution in [1.29, 1.82) is 0 Å². The second-order valence-electron chi connectivity index (χ2n) is 4.90. The lowest BCUT2D eigenvalue weighted by atomic mass is 10.1. The Kier molecular flexibility index (Phi) is 3.84. The number of hydrogen-bond acceptors (Lipinski definition) is 3. The van der Waals surface area contributed by atoms with Gasteiger partial charge in [-0.05, 0) is 30.5 Å². The van der Waals surface area contributed by atoms with Crippen LogP contribution in [-0.4, -0.2) is 16.6 Å². The van der Waals surface area contributed by atoms with Crippen molar-refractivity contribution in [1.82, 2.24) is 4.98 Å². The van der Waals surface area contributed by atoms with Crippen LogP contribution in [0.15, 0.2) is 60.7 Å². The molecule has 0 aliphatic heterocycles. The number of aromatic nitrogens is 1. The van der Waals surface area contributed by atoms with Crippen LogP contribution in [0.25, 0.3) is 10.8 Å². The van der Waals surface area contributed by atoms with Crippen LogP contribution in [0.4, 0.5) is 11.5 Å². The van der Waals surface area contributed by atoms with Gasteiger partial charge in [-0.2, -0.15) is 0 Å². The summed E-state index contributed by atoms with van der Waals surface area (Å²) in [5.41, 5.74) is 1.80. The number of aliphatic hydroxyl groups is 1. The van der Waals surface area contributed by atoms with Crippen molar-refractivity contribution in [2.45, 2.75) is 13.5 Å². The first-order chi connectivity index (χ1) is 10.3. The van der Waals surface area contributed by atoms with Gasteiger partial charge < -0.3 is 10.0 Å². The molecule has 0 amide bonds. The van der Waals surface area contributed by atoms with Gasteiger partial charge in [0.05, 0.1) is 12.3 Å². The molecule has 3 nitrogen and oxygen atoms in total. The monoisotopic (exact) mass is 278 g/mol. The molecule has 106 valence electrons. The highest BCUT2D eigenvalue weighted by Gasteiger charge is 2.13. The summed E-state index contributed by atoms with van der Waals surface area (Å²) in [6.45, 7) is 2.87. The van der Waals surface area contributed by atoms with Gasteiger partial charge in [-0.25, -0.2) is 4.98 Å². The van der Waals surface area contributed by atoms with E-state index in [-0.39, 0.29) is 6.61 Å². The fourth-order valence-electron chi connectivity index (χ4n) is 2.58. The first-order valence-electron chi connectivity index (χ1n) is 7.15. The molecule has 0 spiro atoms. The summed E-state index contributed by atoms with van der Waals surface area (Å²) >= 11 is 0. The minimum Gasteiger partial charge on any atom is -0.390 e. The number of fused-ring (bicyclic) bond motifs is 1. The van der Waals surface area contributed by atoms with Crippen molar-refractivity contribution >= 4 is 22.3 Å². The van der Waals surface area contributed by atoms with E-state index in [4.69, 9.17) is 0 Å². The molecule has 0 aliphatic carbocycles. The van der Waals surface area contributed by atoms with Gasteiger partial charge in [0, 0.05) is 17.6 Å². The largest absolute Gasteiger partial charge is 0.390 e. The molecule has 0 saturated carbocycles. The molecule has 1 heterocycles. The molecule has 1 aromatic heterocycles. The quantitative estimate of drug-likeness (QED) is 0.786. The predicted octanol–water partition coefficient (Wildman–Crippen LogP) is 3.89. The lowest BCUT2D eigenvalue weighted by Gasteiger charge is -2.24. The molecule has 0 saturated heterocycles. The third-order valence-electron chi connectivity index (χ3n) is 3.58. The maximum absolute atomic E-state index is 9.47. The molecule has 1 N–H and O–H groups in total. The Balaban J connectivity index is 2.22. The minimum absolute atomic E-state index is 0.0514. The van der Waals surface area contributed by atoms with Gasteiger partial charge in [-0.3, -0.25) is 0 Å². The third kappa shape index (κ3) is 2.60. The average Bonchev–Trinajstić information content (AvgIpc) is 2.56. The lowest BCUT2D eigenvalue weighted by Crippen LogP contribution is -2.18. The van der Waals surface area contributed by atoms with Crippen LogP contribution >= 0.6 is 0 Å². The van der Waals surface area contributed by atoms with Crippen molar-refractivity contribution in [2.24, 2.45) is 0 Å². The zero-order valence-corrected chi connectivity index (χ0v) is 12.0. The van der Waals surface area contributed by atoms with Gasteiger partial charge in [0.25, 0.3) is 0 Å². The smallest absolute Gasteiger partial charge is 0.141 e. The fraction of sp³-hybridized carbons (Fsp3) is 0.167. The molecule has 0 bridgehead atoms. The molecule has 0 fully saturated rings. The standard InChI is InChI=1S/C18H18N2O/c1-2-20(16-9-4-3-5-10-16)18-17-11-7-6-8-14(17)12-15(13-21)19-18/h3-12,21H,2,13H2,1H3. The molecular weight excluding hydrogens is 260 g/mol. The number of rotatable bonds is 4. The Morgan fingerprint density at radius 2 is 1.71 bits per heavy atom. The van der Waals surface area contributed by atoms with E-state index in [1.165, 1.54) is 0 Å². The van der Waals surface area contributed by atoms with Crippen LogP contribution in [0.2, 0.25) is 0 Å². The van der Waals surface area contributed by atoms with Crippen molar-refractivity contribution in [3.05, 3.63) is 66.4 Å². The van der Waals surface area contributed by atoms with Crippen LogP contribution in [0.3, 0.4) is 0 Å². The van der Waals surface area contributed by atoms with Gasteiger partial charge >= 0.3 is 0 Å². The number of hydrogen-bond donors (Lipinski definition) is 1. The molecule has 3 heteroatoms. The Bertz CT molecular complexity index is 741. The first-order valence-corrected chi connectivity index (χ1v) is 7.15. The fourth-order valence-corrected chi connectivity index (χ4v) is 2.58. The SMILES string of the molecule is CCN(c1ccccc1)c1nc(CO)cc2ccccc12. The lowest BCUT2D eigenvalue weighted by molar-refractivity contribution is 0.277. The van der Waals surface area contributed by atoms with Crippen LogP contribution in [0.5, 0.6) is 0 Å². The average molecular weight is 278 g/mol. The van der Waals surface area contributed by atoms with E-state index >= 15 is 0 Å². The van der Waals surface area contributed by atoms with Gasteiger partial charge in [0.1, 0.15) is 5.82 Å². The Morgan fingerprint density at radius 3 is 2.43 bits per heavy atom. The molecule has 0 unspecified atom stereocenters. The highest BCUT2D eigenvalue weighted by atomic mass is 16.3. The van der Waals surface area contributed by atoms with E-state index in [2.05, 4.69) is 41.1 Å². The Hall–Kier alpha value is -2.39. The third-order valence-corrected chi connectivity index (χ3v) is 3.58. The highest BCUT2D eigenvalue weighted by Crippen LogP contribution is 2.30. The van der Waals surface area contributed by atoms with Gasteiger partial charge in [0.2, 0.25) is 0 Å². The molecular formula is C18H18N2O. The van der Waals surface area contributed by atoms with E-state index in [0.29, 0.717) is 5.69 Å². The van der Waals surface area contributed by atoms with E-state index < -0.39 is 0 Å². The maximum atomic E-state index is 9.47. The summed E-state index contributed by atoms with van der Waals surface area (Å²) in [5.74, 6) is 0.894. The van der Waals surface area contributed by atoms with Crippen LogP contribution in [-0.2, 0) is 6.61 Å². The van der Waals surface area contributed by atoms with E-state index in [9.17, 15) is 5.11 Å². The number of aliphatic hydroxyl groups excluding tert-OH is 1. The molecule has 3 rings (SSSR count). The number of pyridine rings is 1. The molecule has 21 heavy (non-hydrogen) atoms. The van der Waals surface area contributed by atoms with Crippen molar-refractivity contribution in [3.8, 4) is 0 Å². The zero-order valence-electron chi connectivity index (χ0n) is 12.0. The van der Waals surface area contributed by atoms with Gasteiger partial charge in [0.15, 0.2) is 0 Å². The number of anilines is 2. The molecule has 3 aromatic rings. The van der Waals surface area contributed by atoms with Gasteiger partial charge in [-0.15, -0.1) is 0 Å². The van der Waals surface area contributed by atoms with Crippen LogP contribution in [0.1, 0.15) is 12.6 Å². The van der Waals surface area contributed by atoms with Gasteiger partial charge in [-0.1, -0.05) is 42.5 Å². The zero-order chi connectivity index (χ0) is 14.7. The minimum atomic E-state index is -0.0514. The summed E-state index contributed by atoms with van der Waals surface area (Å²) in [6, 6.07) is 20.3. The Labute approximate surface area is 124 Å². The van der Waals surface area contributed by atoms with Crippen molar-refractivity contribution < 1.29 is 5.11 Å². The summed E-state index contributed by atoms with van der Waals surface area (Å²) < 4.78 is 0. The molecule has 0 radical (unpaired) electrons. The van der Waals surface area contributed by atoms with Crippen molar-refractivity contribution in [3.63, 3.8) is 0 Å². The van der Waals surface area contributed by atoms with E-state index in [1.54, 1.807) is 0 Å². The highest BCUT2D eigenvalue weighted by molar-refractivity contribution is 5.94. The Morgan fingerprint density at radius 1 is 1.00 bits per heavy atom. The maximum Gasteiger partial charge on any atom is 0.141 e. The number of benzene rings is 2. The summed E-state index contributed by atoms with van der Waals surface area (Å²) in [5, 5.41) is 11.7. The summed E-state index contributed by atoms with van der Waals surface area (Å²) in [6.07, 6.45) is 0. The predicted molar refractivity (Wildman–Crippen MR) is 86.8 cm³/mol. The molecule has 0 atom stereocenters. The first kappa shape index (κ1) is 13.6. The van der Waals surface area contributed by atoms with Crippen LogP contribution in [0, 0.1) is 0 Å². The van der Waals surface area contributed by atoms with E-state index in [1.807, 2.05) is 36.4 Å². The molecule has 0 aliphatic rings. The normalized spacial score (nSPS) is 10.8. The topological polar surface area (TPSA) is 36.4 Å². The molecule has 2 aromatic carbocycles. The van der Waals surface area contributed by atoms with E-state index in [0.717, 1.165) is 28.8 Å².